The molecule has 1 unspecified atom stereocenters. The van der Waals surface area contributed by atoms with Gasteiger partial charge in [-0.25, -0.2) is 0 Å². The molecule has 17 heavy (non-hydrogen) atoms. The summed E-state index contributed by atoms with van der Waals surface area (Å²) in [4.78, 5) is 22.6. The first kappa shape index (κ1) is 17.0. The second kappa shape index (κ2) is 9.94. The van der Waals surface area contributed by atoms with Crippen LogP contribution in [-0.4, -0.2) is 49.3 Å². The summed E-state index contributed by atoms with van der Waals surface area (Å²) in [5.74, 6) is 1.85. The van der Waals surface area contributed by atoms with E-state index in [4.69, 9.17) is 0 Å². The van der Waals surface area contributed by atoms with E-state index in [1.54, 1.807) is 42.6 Å². The Morgan fingerprint density at radius 3 is 1.88 bits per heavy atom. The SMILES string of the molecule is CCC(=O)[C@H](CSSCC(NC)C(C)=O)NC. The van der Waals surface area contributed by atoms with E-state index in [9.17, 15) is 9.59 Å². The number of Topliss-reactive ketones (excluding diaryl/α,β-unsaturated/α-hetero) is 2. The number of carbonyl (C=O) groups excluding carboxylic acids is 2. The van der Waals surface area contributed by atoms with E-state index in [2.05, 4.69) is 10.6 Å². The Balaban J connectivity index is 3.82. The van der Waals surface area contributed by atoms with Gasteiger partial charge in [0.25, 0.3) is 0 Å². The van der Waals surface area contributed by atoms with E-state index in [-0.39, 0.29) is 23.7 Å². The molecule has 0 saturated carbocycles. The Bertz CT molecular complexity index is 250. The zero-order chi connectivity index (χ0) is 13.3. The lowest BCUT2D eigenvalue weighted by Gasteiger charge is -2.15. The lowest BCUT2D eigenvalue weighted by molar-refractivity contribution is -0.120. The summed E-state index contributed by atoms with van der Waals surface area (Å²) >= 11 is 0. The van der Waals surface area contributed by atoms with Crippen LogP contribution in [0.15, 0.2) is 0 Å². The Morgan fingerprint density at radius 1 is 1.06 bits per heavy atom. The summed E-state index contributed by atoms with van der Waals surface area (Å²) in [6.45, 7) is 3.46. The smallest absolute Gasteiger partial charge is 0.150 e. The van der Waals surface area contributed by atoms with E-state index in [1.165, 1.54) is 0 Å². The molecular formula is C11H22N2O2S2. The molecule has 2 atom stereocenters. The zero-order valence-electron chi connectivity index (χ0n) is 10.9. The van der Waals surface area contributed by atoms with Crippen LogP contribution in [0, 0.1) is 0 Å². The van der Waals surface area contributed by atoms with Crippen molar-refractivity contribution in [3.63, 3.8) is 0 Å². The number of rotatable bonds is 10. The van der Waals surface area contributed by atoms with Crippen molar-refractivity contribution in [2.45, 2.75) is 32.4 Å². The molecule has 0 radical (unpaired) electrons. The van der Waals surface area contributed by atoms with Gasteiger partial charge in [-0.05, 0) is 21.0 Å². The van der Waals surface area contributed by atoms with E-state index >= 15 is 0 Å². The first-order valence-corrected chi connectivity index (χ1v) is 8.17. The fourth-order valence-electron chi connectivity index (χ4n) is 1.22. The molecule has 0 aromatic heterocycles. The summed E-state index contributed by atoms with van der Waals surface area (Å²) < 4.78 is 0. The topological polar surface area (TPSA) is 58.2 Å². The molecule has 0 aromatic carbocycles. The highest BCUT2D eigenvalue weighted by atomic mass is 33.1. The molecule has 0 aliphatic heterocycles. The predicted octanol–water partition coefficient (Wildman–Crippen LogP) is 1.11. The predicted molar refractivity (Wildman–Crippen MR) is 76.6 cm³/mol. The highest BCUT2D eigenvalue weighted by Gasteiger charge is 2.15. The summed E-state index contributed by atoms with van der Waals surface area (Å²) in [5, 5.41) is 5.98. The van der Waals surface area contributed by atoms with Crippen LogP contribution in [0.4, 0.5) is 0 Å². The number of carbonyl (C=O) groups is 2. The molecule has 0 aliphatic carbocycles. The molecule has 0 saturated heterocycles. The fourth-order valence-corrected chi connectivity index (χ4v) is 3.83. The molecule has 0 heterocycles. The lowest BCUT2D eigenvalue weighted by atomic mass is 10.2. The second-order valence-corrected chi connectivity index (χ2v) is 6.23. The van der Waals surface area contributed by atoms with Crippen molar-refractivity contribution in [2.24, 2.45) is 0 Å². The van der Waals surface area contributed by atoms with Gasteiger partial charge >= 0.3 is 0 Å². The Labute approximate surface area is 111 Å². The summed E-state index contributed by atoms with van der Waals surface area (Å²) in [6, 6.07) is -0.176. The van der Waals surface area contributed by atoms with Crippen LogP contribution in [0.5, 0.6) is 0 Å². The van der Waals surface area contributed by atoms with E-state index in [0.29, 0.717) is 6.42 Å². The van der Waals surface area contributed by atoms with Gasteiger partial charge in [-0.1, -0.05) is 28.5 Å². The number of nitrogens with one attached hydrogen (secondary N) is 2. The first-order chi connectivity index (χ1) is 8.06. The van der Waals surface area contributed by atoms with Gasteiger partial charge in [0.15, 0.2) is 0 Å². The summed E-state index contributed by atoms with van der Waals surface area (Å²) in [5.41, 5.74) is 0. The van der Waals surface area contributed by atoms with E-state index in [1.807, 2.05) is 6.92 Å². The van der Waals surface area contributed by atoms with E-state index < -0.39 is 0 Å². The Hall–Kier alpha value is -0.0400. The average Bonchev–Trinajstić information content (AvgIpc) is 2.32. The highest BCUT2D eigenvalue weighted by Crippen LogP contribution is 2.23. The molecule has 2 N–H and O–H groups in total. The van der Waals surface area contributed by atoms with Gasteiger partial charge < -0.3 is 10.6 Å². The molecule has 0 aliphatic rings. The minimum absolute atomic E-state index is 0.0807. The van der Waals surface area contributed by atoms with E-state index in [0.717, 1.165) is 11.5 Å². The van der Waals surface area contributed by atoms with Crippen molar-refractivity contribution in [2.75, 3.05) is 25.6 Å². The minimum Gasteiger partial charge on any atom is -0.310 e. The van der Waals surface area contributed by atoms with Crippen LogP contribution in [0.2, 0.25) is 0 Å². The first-order valence-electron chi connectivity index (χ1n) is 5.68. The number of likely N-dealkylation sites (N-methyl/N-ethyl adjacent to an activating group) is 2. The number of hydrogen-bond acceptors (Lipinski definition) is 6. The molecule has 4 nitrogen and oxygen atoms in total. The monoisotopic (exact) mass is 278 g/mol. The van der Waals surface area contributed by atoms with Crippen LogP contribution in [-0.2, 0) is 9.59 Å². The molecule has 0 amide bonds. The van der Waals surface area contributed by atoms with Crippen LogP contribution in [0.1, 0.15) is 20.3 Å². The lowest BCUT2D eigenvalue weighted by Crippen LogP contribution is -2.36. The maximum absolute atomic E-state index is 11.5. The van der Waals surface area contributed by atoms with Crippen molar-refractivity contribution < 1.29 is 9.59 Å². The van der Waals surface area contributed by atoms with Gasteiger partial charge in [-0.15, -0.1) is 0 Å². The van der Waals surface area contributed by atoms with Gasteiger partial charge in [-0.2, -0.15) is 0 Å². The molecule has 0 spiro atoms. The van der Waals surface area contributed by atoms with Gasteiger partial charge in [0, 0.05) is 17.9 Å². The quantitative estimate of drug-likeness (QED) is 0.461. The third-order valence-corrected chi connectivity index (χ3v) is 4.90. The number of hydrogen-bond donors (Lipinski definition) is 2. The molecule has 0 fully saturated rings. The van der Waals surface area contributed by atoms with Gasteiger partial charge in [-0.3, -0.25) is 9.59 Å². The Kier molecular flexibility index (Phi) is 9.91. The van der Waals surface area contributed by atoms with Crippen molar-refractivity contribution >= 4 is 33.2 Å². The van der Waals surface area contributed by atoms with Crippen molar-refractivity contribution in [3.8, 4) is 0 Å². The zero-order valence-corrected chi connectivity index (χ0v) is 12.5. The van der Waals surface area contributed by atoms with Crippen LogP contribution in [0.25, 0.3) is 0 Å². The molecule has 0 rings (SSSR count). The third kappa shape index (κ3) is 7.08. The van der Waals surface area contributed by atoms with Crippen LogP contribution in [0.3, 0.4) is 0 Å². The second-order valence-electron chi connectivity index (χ2n) is 3.68. The van der Waals surface area contributed by atoms with Crippen molar-refractivity contribution in [3.05, 3.63) is 0 Å². The maximum atomic E-state index is 11.5. The molecule has 0 aromatic rings. The van der Waals surface area contributed by atoms with Crippen LogP contribution < -0.4 is 10.6 Å². The molecular weight excluding hydrogens is 256 g/mol. The Morgan fingerprint density at radius 2 is 1.53 bits per heavy atom. The largest absolute Gasteiger partial charge is 0.310 e. The van der Waals surface area contributed by atoms with Gasteiger partial charge in [0.05, 0.1) is 12.1 Å². The molecule has 0 bridgehead atoms. The standard InChI is InChI=1S/C11H22N2O2S2/c1-5-11(15)10(13-4)7-17-16-6-9(12-3)8(2)14/h9-10,12-13H,5-7H2,1-4H3/t9?,10-/m0/s1. The minimum atomic E-state index is -0.0950. The molecule has 6 heteroatoms. The number of ketones is 2. The van der Waals surface area contributed by atoms with Crippen molar-refractivity contribution in [1.29, 1.82) is 0 Å². The summed E-state index contributed by atoms with van der Waals surface area (Å²) in [6.07, 6.45) is 0.559. The van der Waals surface area contributed by atoms with Crippen molar-refractivity contribution in [1.82, 2.24) is 10.6 Å². The average molecular weight is 278 g/mol. The summed E-state index contributed by atoms with van der Waals surface area (Å²) in [7, 11) is 6.85. The van der Waals surface area contributed by atoms with Crippen LogP contribution >= 0.6 is 21.6 Å². The third-order valence-electron chi connectivity index (χ3n) is 2.48. The maximum Gasteiger partial charge on any atom is 0.150 e. The van der Waals surface area contributed by atoms with Gasteiger partial charge in [0.1, 0.15) is 11.6 Å². The fraction of sp³-hybridized carbons (Fsp3) is 0.818. The molecule has 100 valence electrons. The highest BCUT2D eigenvalue weighted by molar-refractivity contribution is 8.76. The normalized spacial score (nSPS) is 14.4. The van der Waals surface area contributed by atoms with Gasteiger partial charge in [0.2, 0.25) is 0 Å².